The average molecular weight is 273 g/mol. The van der Waals surface area contributed by atoms with E-state index in [9.17, 15) is 0 Å². The van der Waals surface area contributed by atoms with Crippen molar-refractivity contribution in [2.45, 2.75) is 65.8 Å². The van der Waals surface area contributed by atoms with E-state index in [0.29, 0.717) is 17.3 Å². The third-order valence-corrected chi connectivity index (χ3v) is 4.87. The molecule has 1 aromatic carbocycles. The van der Waals surface area contributed by atoms with E-state index in [-0.39, 0.29) is 6.04 Å². The first-order valence-corrected chi connectivity index (χ1v) is 8.22. The average Bonchev–Trinajstić information content (AvgIpc) is 2.37. The third kappa shape index (κ3) is 4.09. The summed E-state index contributed by atoms with van der Waals surface area (Å²) in [6, 6.07) is 9.19. The van der Waals surface area contributed by atoms with E-state index in [2.05, 4.69) is 52.0 Å². The van der Waals surface area contributed by atoms with Crippen LogP contribution < -0.4 is 5.73 Å². The van der Waals surface area contributed by atoms with Crippen LogP contribution in [0.2, 0.25) is 0 Å². The molecule has 2 rings (SSSR count). The molecular formula is C19H31N. The van der Waals surface area contributed by atoms with Crippen LogP contribution in [0.4, 0.5) is 0 Å². The summed E-state index contributed by atoms with van der Waals surface area (Å²) >= 11 is 0. The number of rotatable bonds is 4. The highest BCUT2D eigenvalue weighted by molar-refractivity contribution is 5.26. The lowest BCUT2D eigenvalue weighted by molar-refractivity contribution is 0.173. The predicted molar refractivity (Wildman–Crippen MR) is 87.7 cm³/mol. The molecule has 1 fully saturated rings. The summed E-state index contributed by atoms with van der Waals surface area (Å²) in [6.45, 7) is 9.32. The molecule has 0 bridgehead atoms. The number of benzene rings is 1. The van der Waals surface area contributed by atoms with Crippen LogP contribution in [0, 0.1) is 17.3 Å². The monoisotopic (exact) mass is 273 g/mol. The molecule has 0 radical (unpaired) electrons. The van der Waals surface area contributed by atoms with Crippen molar-refractivity contribution in [3.8, 4) is 0 Å². The largest absolute Gasteiger partial charge is 0.324 e. The molecule has 0 aliphatic heterocycles. The van der Waals surface area contributed by atoms with E-state index in [1.165, 1.54) is 36.8 Å². The van der Waals surface area contributed by atoms with Crippen LogP contribution in [0.5, 0.6) is 0 Å². The van der Waals surface area contributed by atoms with E-state index in [1.54, 1.807) is 0 Å². The summed E-state index contributed by atoms with van der Waals surface area (Å²) in [5.74, 6) is 1.37. The Kier molecular flexibility index (Phi) is 4.90. The Hall–Kier alpha value is -0.820. The Morgan fingerprint density at radius 3 is 2.45 bits per heavy atom. The molecule has 1 aromatic rings. The molecule has 1 aliphatic carbocycles. The number of nitrogens with two attached hydrogens (primary N) is 1. The lowest BCUT2D eigenvalue weighted by Crippen LogP contribution is -2.29. The standard InChI is InChI=1S/C19H31N/c1-14(2)12-15-6-5-7-17(13-15)18(20)16-8-10-19(3,4)11-9-16/h5-7,13-14,16,18H,8-12,20H2,1-4H3. The fourth-order valence-electron chi connectivity index (χ4n) is 3.45. The Morgan fingerprint density at radius 2 is 1.85 bits per heavy atom. The minimum absolute atomic E-state index is 0.221. The van der Waals surface area contributed by atoms with Crippen molar-refractivity contribution in [3.05, 3.63) is 35.4 Å². The van der Waals surface area contributed by atoms with E-state index in [0.717, 1.165) is 6.42 Å². The van der Waals surface area contributed by atoms with Crippen LogP contribution >= 0.6 is 0 Å². The zero-order valence-corrected chi connectivity index (χ0v) is 13.7. The molecule has 1 nitrogen and oxygen atoms in total. The smallest absolute Gasteiger partial charge is 0.0323 e. The Morgan fingerprint density at radius 1 is 1.20 bits per heavy atom. The maximum Gasteiger partial charge on any atom is 0.0323 e. The van der Waals surface area contributed by atoms with Crippen LogP contribution in [0.25, 0.3) is 0 Å². The Balaban J connectivity index is 2.04. The van der Waals surface area contributed by atoms with Crippen molar-refractivity contribution >= 4 is 0 Å². The van der Waals surface area contributed by atoms with Gasteiger partial charge in [0.1, 0.15) is 0 Å². The van der Waals surface area contributed by atoms with Gasteiger partial charge in [0.25, 0.3) is 0 Å². The molecule has 1 atom stereocenters. The van der Waals surface area contributed by atoms with Crippen molar-refractivity contribution < 1.29 is 0 Å². The molecule has 0 amide bonds. The van der Waals surface area contributed by atoms with Crippen molar-refractivity contribution in [2.75, 3.05) is 0 Å². The van der Waals surface area contributed by atoms with Gasteiger partial charge in [-0.1, -0.05) is 52.0 Å². The van der Waals surface area contributed by atoms with Gasteiger partial charge in [-0.2, -0.15) is 0 Å². The normalized spacial score (nSPS) is 21.1. The fraction of sp³-hybridized carbons (Fsp3) is 0.684. The second-order valence-corrected chi connectivity index (χ2v) is 7.87. The molecule has 112 valence electrons. The van der Waals surface area contributed by atoms with Gasteiger partial charge in [-0.15, -0.1) is 0 Å². The summed E-state index contributed by atoms with van der Waals surface area (Å²) < 4.78 is 0. The summed E-state index contributed by atoms with van der Waals surface area (Å²) in [5.41, 5.74) is 9.86. The van der Waals surface area contributed by atoms with Crippen LogP contribution in [0.15, 0.2) is 24.3 Å². The van der Waals surface area contributed by atoms with Crippen molar-refractivity contribution in [3.63, 3.8) is 0 Å². The zero-order chi connectivity index (χ0) is 14.8. The molecule has 0 spiro atoms. The predicted octanol–water partition coefficient (Wildman–Crippen LogP) is 5.10. The van der Waals surface area contributed by atoms with Gasteiger partial charge in [0.05, 0.1) is 0 Å². The molecule has 0 heterocycles. The van der Waals surface area contributed by atoms with Crippen LogP contribution in [-0.4, -0.2) is 0 Å². The maximum absolute atomic E-state index is 6.56. The molecular weight excluding hydrogens is 242 g/mol. The lowest BCUT2D eigenvalue weighted by Gasteiger charge is -2.37. The second-order valence-electron chi connectivity index (χ2n) is 7.87. The van der Waals surface area contributed by atoms with Crippen molar-refractivity contribution in [2.24, 2.45) is 23.0 Å². The topological polar surface area (TPSA) is 26.0 Å². The first-order chi connectivity index (χ1) is 9.37. The van der Waals surface area contributed by atoms with Gasteiger partial charge in [0, 0.05) is 6.04 Å². The van der Waals surface area contributed by atoms with Crippen LogP contribution in [0.1, 0.15) is 70.5 Å². The lowest BCUT2D eigenvalue weighted by atomic mass is 9.70. The van der Waals surface area contributed by atoms with Crippen LogP contribution in [-0.2, 0) is 6.42 Å². The van der Waals surface area contributed by atoms with Gasteiger partial charge in [-0.3, -0.25) is 0 Å². The highest BCUT2D eigenvalue weighted by Gasteiger charge is 2.30. The van der Waals surface area contributed by atoms with Gasteiger partial charge in [0.15, 0.2) is 0 Å². The summed E-state index contributed by atoms with van der Waals surface area (Å²) in [4.78, 5) is 0. The van der Waals surface area contributed by atoms with E-state index in [4.69, 9.17) is 5.73 Å². The molecule has 1 saturated carbocycles. The molecule has 20 heavy (non-hydrogen) atoms. The molecule has 1 heteroatoms. The quantitative estimate of drug-likeness (QED) is 0.811. The van der Waals surface area contributed by atoms with Crippen molar-refractivity contribution in [1.29, 1.82) is 0 Å². The summed E-state index contributed by atoms with van der Waals surface area (Å²) in [5, 5.41) is 0. The molecule has 0 aromatic heterocycles. The minimum atomic E-state index is 0.221. The van der Waals surface area contributed by atoms with Crippen molar-refractivity contribution in [1.82, 2.24) is 0 Å². The first-order valence-electron chi connectivity index (χ1n) is 8.22. The third-order valence-electron chi connectivity index (χ3n) is 4.87. The minimum Gasteiger partial charge on any atom is -0.324 e. The first kappa shape index (κ1) is 15.6. The highest BCUT2D eigenvalue weighted by Crippen LogP contribution is 2.42. The zero-order valence-electron chi connectivity index (χ0n) is 13.7. The van der Waals surface area contributed by atoms with E-state index in [1.807, 2.05) is 0 Å². The van der Waals surface area contributed by atoms with E-state index >= 15 is 0 Å². The number of hydrogen-bond acceptors (Lipinski definition) is 1. The highest BCUT2D eigenvalue weighted by atomic mass is 14.7. The van der Waals surface area contributed by atoms with Crippen LogP contribution in [0.3, 0.4) is 0 Å². The Labute approximate surface area is 125 Å². The Bertz CT molecular complexity index is 423. The molecule has 2 N–H and O–H groups in total. The van der Waals surface area contributed by atoms with Gasteiger partial charge in [0.2, 0.25) is 0 Å². The molecule has 1 aliphatic rings. The van der Waals surface area contributed by atoms with Gasteiger partial charge in [-0.25, -0.2) is 0 Å². The summed E-state index contributed by atoms with van der Waals surface area (Å²) in [6.07, 6.45) is 6.34. The van der Waals surface area contributed by atoms with Gasteiger partial charge < -0.3 is 5.73 Å². The second kappa shape index (κ2) is 6.30. The maximum atomic E-state index is 6.56. The molecule has 1 unspecified atom stereocenters. The summed E-state index contributed by atoms with van der Waals surface area (Å²) in [7, 11) is 0. The fourth-order valence-corrected chi connectivity index (χ4v) is 3.45. The SMILES string of the molecule is CC(C)Cc1cccc(C(N)C2CCC(C)(C)CC2)c1. The van der Waals surface area contributed by atoms with Gasteiger partial charge in [-0.05, 0) is 60.5 Å². The van der Waals surface area contributed by atoms with Gasteiger partial charge >= 0.3 is 0 Å². The molecule has 0 saturated heterocycles. The van der Waals surface area contributed by atoms with E-state index < -0.39 is 0 Å². The number of hydrogen-bond donors (Lipinski definition) is 1.